The third-order valence-corrected chi connectivity index (χ3v) is 5.84. The zero-order valence-electron chi connectivity index (χ0n) is 18.8. The van der Waals surface area contributed by atoms with Crippen molar-refractivity contribution in [1.29, 1.82) is 0 Å². The molecule has 1 N–H and O–H groups in total. The SMILES string of the molecule is COc1ccc(-n2ncc3c2CC(C)(C)C[C@@H]3NC(=O)CCn2nc(C)nc2C)cc1. The molecule has 164 valence electrons. The monoisotopic (exact) mass is 422 g/mol. The summed E-state index contributed by atoms with van der Waals surface area (Å²) in [5, 5.41) is 12.2. The van der Waals surface area contributed by atoms with Gasteiger partial charge in [-0.3, -0.25) is 4.79 Å². The fraction of sp³-hybridized carbons (Fsp3) is 0.478. The summed E-state index contributed by atoms with van der Waals surface area (Å²) >= 11 is 0. The van der Waals surface area contributed by atoms with Gasteiger partial charge in [0.2, 0.25) is 5.91 Å². The summed E-state index contributed by atoms with van der Waals surface area (Å²) in [7, 11) is 1.66. The predicted molar refractivity (Wildman–Crippen MR) is 117 cm³/mol. The third-order valence-electron chi connectivity index (χ3n) is 5.84. The number of rotatable bonds is 6. The molecule has 1 atom stereocenters. The normalized spacial score (nSPS) is 17.3. The van der Waals surface area contributed by atoms with Crippen molar-refractivity contribution in [2.75, 3.05) is 7.11 Å². The zero-order chi connectivity index (χ0) is 22.2. The van der Waals surface area contributed by atoms with Crippen molar-refractivity contribution >= 4 is 5.91 Å². The van der Waals surface area contributed by atoms with Gasteiger partial charge in [-0.2, -0.15) is 10.2 Å². The van der Waals surface area contributed by atoms with Crippen molar-refractivity contribution in [2.24, 2.45) is 5.41 Å². The van der Waals surface area contributed by atoms with E-state index in [9.17, 15) is 4.79 Å². The van der Waals surface area contributed by atoms with E-state index in [0.717, 1.165) is 47.2 Å². The van der Waals surface area contributed by atoms with Gasteiger partial charge >= 0.3 is 0 Å². The lowest BCUT2D eigenvalue weighted by Crippen LogP contribution is -2.37. The van der Waals surface area contributed by atoms with Crippen LogP contribution < -0.4 is 10.1 Å². The van der Waals surface area contributed by atoms with E-state index in [-0.39, 0.29) is 17.4 Å². The highest BCUT2D eigenvalue weighted by atomic mass is 16.5. The minimum atomic E-state index is -0.0585. The zero-order valence-corrected chi connectivity index (χ0v) is 18.8. The second-order valence-corrected chi connectivity index (χ2v) is 9.00. The van der Waals surface area contributed by atoms with Crippen LogP contribution in [0.2, 0.25) is 0 Å². The minimum absolute atomic E-state index is 0.0124. The van der Waals surface area contributed by atoms with Crippen LogP contribution in [0.25, 0.3) is 5.69 Å². The Morgan fingerprint density at radius 1 is 1.26 bits per heavy atom. The van der Waals surface area contributed by atoms with Crippen molar-refractivity contribution in [3.05, 3.63) is 53.4 Å². The number of hydrogen-bond acceptors (Lipinski definition) is 5. The average Bonchev–Trinajstić information content (AvgIpc) is 3.27. The van der Waals surface area contributed by atoms with Crippen LogP contribution in [0.5, 0.6) is 5.75 Å². The number of aryl methyl sites for hydroxylation is 3. The van der Waals surface area contributed by atoms with Crippen molar-refractivity contribution in [2.45, 2.75) is 59.5 Å². The van der Waals surface area contributed by atoms with E-state index in [1.165, 1.54) is 0 Å². The Hall–Kier alpha value is -3.16. The maximum Gasteiger partial charge on any atom is 0.222 e. The summed E-state index contributed by atoms with van der Waals surface area (Å²) in [6.07, 6.45) is 4.03. The number of methoxy groups -OCH3 is 1. The molecular weight excluding hydrogens is 392 g/mol. The number of aromatic nitrogens is 5. The van der Waals surface area contributed by atoms with E-state index < -0.39 is 0 Å². The first-order chi connectivity index (χ1) is 14.8. The molecule has 0 radical (unpaired) electrons. The molecule has 4 rings (SSSR count). The highest BCUT2D eigenvalue weighted by Crippen LogP contribution is 2.41. The standard InChI is InChI=1S/C23H30N6O2/c1-15-25-16(2)28(27-15)11-10-22(30)26-20-12-23(3,4)13-21-19(20)14-24-29(21)17-6-8-18(31-5)9-7-17/h6-9,14,20H,10-13H2,1-5H3,(H,26,30)/t20-/m0/s1. The van der Waals surface area contributed by atoms with Gasteiger partial charge in [0.1, 0.15) is 17.4 Å². The molecule has 2 heterocycles. The predicted octanol–water partition coefficient (Wildman–Crippen LogP) is 3.31. The highest BCUT2D eigenvalue weighted by Gasteiger charge is 2.36. The number of nitrogens with one attached hydrogen (secondary N) is 1. The summed E-state index contributed by atoms with van der Waals surface area (Å²) in [4.78, 5) is 17.1. The number of benzene rings is 1. The number of nitrogens with zero attached hydrogens (tertiary/aromatic N) is 5. The molecule has 1 amide bonds. The van der Waals surface area contributed by atoms with E-state index >= 15 is 0 Å². The molecule has 2 aromatic heterocycles. The topological polar surface area (TPSA) is 86.9 Å². The average molecular weight is 423 g/mol. The Kier molecular flexibility index (Phi) is 5.56. The maximum absolute atomic E-state index is 12.8. The lowest BCUT2D eigenvalue weighted by atomic mass is 9.74. The molecule has 1 aliphatic rings. The largest absolute Gasteiger partial charge is 0.497 e. The van der Waals surface area contributed by atoms with Gasteiger partial charge in [0.25, 0.3) is 0 Å². The van der Waals surface area contributed by atoms with Gasteiger partial charge in [-0.05, 0) is 56.4 Å². The van der Waals surface area contributed by atoms with E-state index in [4.69, 9.17) is 4.74 Å². The Bertz CT molecular complexity index is 1080. The van der Waals surface area contributed by atoms with Gasteiger partial charge in [0.05, 0.1) is 37.3 Å². The van der Waals surface area contributed by atoms with Crippen molar-refractivity contribution in [1.82, 2.24) is 29.9 Å². The fourth-order valence-corrected chi connectivity index (χ4v) is 4.36. The molecule has 8 nitrogen and oxygen atoms in total. The first-order valence-electron chi connectivity index (χ1n) is 10.6. The highest BCUT2D eigenvalue weighted by molar-refractivity contribution is 5.76. The Morgan fingerprint density at radius 2 is 2.00 bits per heavy atom. The van der Waals surface area contributed by atoms with Crippen LogP contribution in [-0.2, 0) is 17.8 Å². The number of carbonyl (C=O) groups excluding carboxylic acids is 1. The van der Waals surface area contributed by atoms with Crippen LogP contribution >= 0.6 is 0 Å². The molecule has 0 saturated carbocycles. The van der Waals surface area contributed by atoms with Crippen LogP contribution in [0.4, 0.5) is 0 Å². The molecule has 0 fully saturated rings. The third kappa shape index (κ3) is 4.47. The number of hydrogen-bond donors (Lipinski definition) is 1. The number of carbonyl (C=O) groups is 1. The summed E-state index contributed by atoms with van der Waals surface area (Å²) < 4.78 is 9.04. The molecule has 1 aliphatic carbocycles. The summed E-state index contributed by atoms with van der Waals surface area (Å²) in [5.74, 6) is 2.38. The van der Waals surface area contributed by atoms with Crippen LogP contribution in [0.3, 0.4) is 0 Å². The summed E-state index contributed by atoms with van der Waals surface area (Å²) in [5.41, 5.74) is 3.28. The van der Waals surface area contributed by atoms with Crippen molar-refractivity contribution < 1.29 is 9.53 Å². The molecule has 3 aromatic rings. The first-order valence-corrected chi connectivity index (χ1v) is 10.6. The van der Waals surface area contributed by atoms with Crippen LogP contribution in [0, 0.1) is 19.3 Å². The number of amides is 1. The van der Waals surface area contributed by atoms with Crippen LogP contribution in [-0.4, -0.2) is 37.6 Å². The molecule has 1 aromatic carbocycles. The van der Waals surface area contributed by atoms with Crippen LogP contribution in [0.15, 0.2) is 30.5 Å². The lowest BCUT2D eigenvalue weighted by molar-refractivity contribution is -0.122. The minimum Gasteiger partial charge on any atom is -0.497 e. The smallest absolute Gasteiger partial charge is 0.222 e. The second kappa shape index (κ2) is 8.17. The molecule has 31 heavy (non-hydrogen) atoms. The van der Waals surface area contributed by atoms with Gasteiger partial charge in [-0.15, -0.1) is 0 Å². The Morgan fingerprint density at radius 3 is 2.65 bits per heavy atom. The Labute approximate surface area is 182 Å². The van der Waals surface area contributed by atoms with Gasteiger partial charge in [0, 0.05) is 12.0 Å². The van der Waals surface area contributed by atoms with Crippen molar-refractivity contribution in [3.63, 3.8) is 0 Å². The summed E-state index contributed by atoms with van der Waals surface area (Å²) in [6, 6.07) is 7.82. The molecule has 0 aliphatic heterocycles. The molecular formula is C23H30N6O2. The van der Waals surface area contributed by atoms with Crippen LogP contribution in [0.1, 0.15) is 55.6 Å². The van der Waals surface area contributed by atoms with Gasteiger partial charge in [-0.25, -0.2) is 14.3 Å². The molecule has 0 spiro atoms. The number of ether oxygens (including phenoxy) is 1. The quantitative estimate of drug-likeness (QED) is 0.659. The van der Waals surface area contributed by atoms with Crippen molar-refractivity contribution in [3.8, 4) is 11.4 Å². The van der Waals surface area contributed by atoms with Gasteiger partial charge in [0.15, 0.2) is 0 Å². The summed E-state index contributed by atoms with van der Waals surface area (Å²) in [6.45, 7) is 8.76. The molecule has 0 saturated heterocycles. The van der Waals surface area contributed by atoms with Gasteiger partial charge < -0.3 is 10.1 Å². The van der Waals surface area contributed by atoms with E-state index in [2.05, 4.69) is 34.3 Å². The first kappa shape index (κ1) is 21.1. The molecule has 0 bridgehead atoms. The lowest BCUT2D eigenvalue weighted by Gasteiger charge is -2.36. The van der Waals surface area contributed by atoms with E-state index in [0.29, 0.717) is 13.0 Å². The van der Waals surface area contributed by atoms with Gasteiger partial charge in [-0.1, -0.05) is 13.8 Å². The maximum atomic E-state index is 12.8. The fourth-order valence-electron chi connectivity index (χ4n) is 4.36. The second-order valence-electron chi connectivity index (χ2n) is 9.00. The molecule has 0 unspecified atom stereocenters. The molecule has 8 heteroatoms. The Balaban J connectivity index is 1.52. The van der Waals surface area contributed by atoms with E-state index in [1.807, 2.05) is 49.0 Å². The van der Waals surface area contributed by atoms with E-state index in [1.54, 1.807) is 11.8 Å². The number of fused-ring (bicyclic) bond motifs is 1.